The lowest BCUT2D eigenvalue weighted by molar-refractivity contribution is 0.468. The lowest BCUT2D eigenvalue weighted by Crippen LogP contribution is -2.18. The van der Waals surface area contributed by atoms with Crippen LogP contribution in [0.25, 0.3) is 0 Å². The molecular formula is C8H12N2. The van der Waals surface area contributed by atoms with Gasteiger partial charge in [0.15, 0.2) is 6.19 Å². The standard InChI is InChI=1S/C8H12N2/c9-7-10-6-8-4-2-1-3-5-8/h1-2,8,10H,3-6H2. The Balaban J connectivity index is 2.17. The summed E-state index contributed by atoms with van der Waals surface area (Å²) in [7, 11) is 0. The lowest BCUT2D eigenvalue weighted by Gasteiger charge is -2.15. The van der Waals surface area contributed by atoms with Gasteiger partial charge in [0.05, 0.1) is 0 Å². The first-order valence-electron chi connectivity index (χ1n) is 3.70. The minimum Gasteiger partial charge on any atom is -0.324 e. The van der Waals surface area contributed by atoms with Crippen LogP contribution in [0.3, 0.4) is 0 Å². The summed E-state index contributed by atoms with van der Waals surface area (Å²) in [6.07, 6.45) is 9.89. The van der Waals surface area contributed by atoms with Crippen LogP contribution in [0.1, 0.15) is 19.3 Å². The fourth-order valence-electron chi connectivity index (χ4n) is 1.23. The molecular weight excluding hydrogens is 124 g/mol. The highest BCUT2D eigenvalue weighted by molar-refractivity contribution is 4.91. The van der Waals surface area contributed by atoms with Gasteiger partial charge in [-0.1, -0.05) is 12.2 Å². The Hall–Kier alpha value is -0.970. The van der Waals surface area contributed by atoms with E-state index in [-0.39, 0.29) is 0 Å². The Morgan fingerprint density at radius 1 is 1.60 bits per heavy atom. The van der Waals surface area contributed by atoms with Crippen molar-refractivity contribution in [1.82, 2.24) is 5.32 Å². The molecule has 0 saturated heterocycles. The Kier molecular flexibility index (Phi) is 2.82. The van der Waals surface area contributed by atoms with E-state index in [1.54, 1.807) is 0 Å². The molecule has 1 unspecified atom stereocenters. The van der Waals surface area contributed by atoms with Gasteiger partial charge in [-0.25, -0.2) is 0 Å². The normalized spacial score (nSPS) is 23.7. The van der Waals surface area contributed by atoms with E-state index in [4.69, 9.17) is 5.26 Å². The van der Waals surface area contributed by atoms with Gasteiger partial charge in [-0.3, -0.25) is 0 Å². The van der Waals surface area contributed by atoms with Gasteiger partial charge in [0.1, 0.15) is 0 Å². The number of nitriles is 1. The Labute approximate surface area is 61.5 Å². The van der Waals surface area contributed by atoms with Gasteiger partial charge >= 0.3 is 0 Å². The predicted molar refractivity (Wildman–Crippen MR) is 40.1 cm³/mol. The summed E-state index contributed by atoms with van der Waals surface area (Å²) in [4.78, 5) is 0. The zero-order valence-corrected chi connectivity index (χ0v) is 6.01. The molecule has 1 atom stereocenters. The Morgan fingerprint density at radius 2 is 2.50 bits per heavy atom. The van der Waals surface area contributed by atoms with E-state index in [0.717, 1.165) is 13.0 Å². The first kappa shape index (κ1) is 7.14. The molecule has 10 heavy (non-hydrogen) atoms. The molecule has 0 aromatic rings. The molecule has 0 aliphatic heterocycles. The topological polar surface area (TPSA) is 35.8 Å². The van der Waals surface area contributed by atoms with E-state index >= 15 is 0 Å². The second-order valence-electron chi connectivity index (χ2n) is 2.64. The van der Waals surface area contributed by atoms with Crippen molar-refractivity contribution in [3.05, 3.63) is 12.2 Å². The number of hydrogen-bond donors (Lipinski definition) is 1. The first-order chi connectivity index (χ1) is 4.93. The highest BCUT2D eigenvalue weighted by atomic mass is 14.8. The summed E-state index contributed by atoms with van der Waals surface area (Å²) in [6, 6.07) is 0. The third-order valence-corrected chi connectivity index (χ3v) is 1.85. The maximum Gasteiger partial charge on any atom is 0.176 e. The molecule has 0 amide bonds. The van der Waals surface area contributed by atoms with Crippen molar-refractivity contribution in [3.63, 3.8) is 0 Å². The maximum atomic E-state index is 8.22. The summed E-state index contributed by atoms with van der Waals surface area (Å²) < 4.78 is 0. The van der Waals surface area contributed by atoms with E-state index in [2.05, 4.69) is 17.5 Å². The average molecular weight is 136 g/mol. The molecule has 0 saturated carbocycles. The van der Waals surface area contributed by atoms with Crippen LogP contribution in [0, 0.1) is 17.4 Å². The van der Waals surface area contributed by atoms with Crippen molar-refractivity contribution >= 4 is 0 Å². The summed E-state index contributed by atoms with van der Waals surface area (Å²) in [5.74, 6) is 0.685. The third kappa shape index (κ3) is 2.10. The van der Waals surface area contributed by atoms with Crippen LogP contribution in [-0.4, -0.2) is 6.54 Å². The summed E-state index contributed by atoms with van der Waals surface area (Å²) in [5.41, 5.74) is 0. The zero-order chi connectivity index (χ0) is 7.23. The zero-order valence-electron chi connectivity index (χ0n) is 6.01. The van der Waals surface area contributed by atoms with E-state index in [1.165, 1.54) is 12.8 Å². The van der Waals surface area contributed by atoms with Crippen molar-refractivity contribution in [2.75, 3.05) is 6.54 Å². The fraction of sp³-hybridized carbons (Fsp3) is 0.625. The minimum atomic E-state index is 0.685. The third-order valence-electron chi connectivity index (χ3n) is 1.85. The van der Waals surface area contributed by atoms with E-state index in [9.17, 15) is 0 Å². The molecule has 0 aromatic heterocycles. The number of allylic oxidation sites excluding steroid dienone is 2. The predicted octanol–water partition coefficient (Wildman–Crippen LogP) is 1.41. The molecule has 0 heterocycles. The van der Waals surface area contributed by atoms with Crippen molar-refractivity contribution in [2.24, 2.45) is 5.92 Å². The van der Waals surface area contributed by atoms with Gasteiger partial charge in [0, 0.05) is 6.54 Å². The minimum absolute atomic E-state index is 0.685. The van der Waals surface area contributed by atoms with Gasteiger partial charge in [-0.15, -0.1) is 0 Å². The molecule has 1 aliphatic carbocycles. The number of rotatable bonds is 2. The summed E-state index contributed by atoms with van der Waals surface area (Å²) >= 11 is 0. The quantitative estimate of drug-likeness (QED) is 0.354. The molecule has 0 aromatic carbocycles. The van der Waals surface area contributed by atoms with Crippen LogP contribution < -0.4 is 5.32 Å². The molecule has 54 valence electrons. The molecule has 0 bridgehead atoms. The molecule has 1 aliphatic rings. The summed E-state index contributed by atoms with van der Waals surface area (Å²) in [5, 5.41) is 10.9. The van der Waals surface area contributed by atoms with Crippen LogP contribution in [0.15, 0.2) is 12.2 Å². The Morgan fingerprint density at radius 3 is 3.10 bits per heavy atom. The SMILES string of the molecule is N#CNCC1CC=CCC1. The van der Waals surface area contributed by atoms with Crippen molar-refractivity contribution < 1.29 is 0 Å². The highest BCUT2D eigenvalue weighted by Gasteiger charge is 2.07. The molecule has 0 fully saturated rings. The molecule has 2 nitrogen and oxygen atoms in total. The molecule has 2 heteroatoms. The van der Waals surface area contributed by atoms with Crippen molar-refractivity contribution in [1.29, 1.82) is 5.26 Å². The average Bonchev–Trinajstić information content (AvgIpc) is 2.03. The van der Waals surface area contributed by atoms with Gasteiger partial charge < -0.3 is 5.32 Å². The van der Waals surface area contributed by atoms with E-state index in [0.29, 0.717) is 5.92 Å². The monoisotopic (exact) mass is 136 g/mol. The van der Waals surface area contributed by atoms with E-state index < -0.39 is 0 Å². The van der Waals surface area contributed by atoms with Gasteiger partial charge in [-0.2, -0.15) is 5.26 Å². The van der Waals surface area contributed by atoms with Gasteiger partial charge in [0.2, 0.25) is 0 Å². The highest BCUT2D eigenvalue weighted by Crippen LogP contribution is 2.16. The molecule has 1 N–H and O–H groups in total. The molecule has 0 radical (unpaired) electrons. The second kappa shape index (κ2) is 3.94. The maximum absolute atomic E-state index is 8.22. The largest absolute Gasteiger partial charge is 0.324 e. The van der Waals surface area contributed by atoms with Crippen molar-refractivity contribution in [2.45, 2.75) is 19.3 Å². The smallest absolute Gasteiger partial charge is 0.176 e. The second-order valence-corrected chi connectivity index (χ2v) is 2.64. The number of hydrogen-bond acceptors (Lipinski definition) is 2. The van der Waals surface area contributed by atoms with Crippen LogP contribution in [0.2, 0.25) is 0 Å². The molecule has 1 rings (SSSR count). The number of nitrogens with one attached hydrogen (secondary N) is 1. The number of nitrogens with zero attached hydrogens (tertiary/aromatic N) is 1. The van der Waals surface area contributed by atoms with Crippen LogP contribution in [-0.2, 0) is 0 Å². The van der Waals surface area contributed by atoms with E-state index in [1.807, 2.05) is 6.19 Å². The fourth-order valence-corrected chi connectivity index (χ4v) is 1.23. The van der Waals surface area contributed by atoms with Gasteiger partial charge in [-0.05, 0) is 25.2 Å². The first-order valence-corrected chi connectivity index (χ1v) is 3.70. The Bertz CT molecular complexity index is 155. The molecule has 0 spiro atoms. The van der Waals surface area contributed by atoms with Crippen LogP contribution in [0.5, 0.6) is 0 Å². The van der Waals surface area contributed by atoms with Crippen molar-refractivity contribution in [3.8, 4) is 6.19 Å². The van der Waals surface area contributed by atoms with Gasteiger partial charge in [0.25, 0.3) is 0 Å². The van der Waals surface area contributed by atoms with Crippen LogP contribution >= 0.6 is 0 Å². The lowest BCUT2D eigenvalue weighted by atomic mass is 9.95. The summed E-state index contributed by atoms with van der Waals surface area (Å²) in [6.45, 7) is 0.848. The van der Waals surface area contributed by atoms with Crippen LogP contribution in [0.4, 0.5) is 0 Å².